The second-order valence-electron chi connectivity index (χ2n) is 7.87. The molecule has 0 N–H and O–H groups in total. The van der Waals surface area contributed by atoms with Crippen LogP contribution in [0.1, 0.15) is 36.1 Å². The Morgan fingerprint density at radius 3 is 2.30 bits per heavy atom. The molecule has 37 heavy (non-hydrogen) atoms. The van der Waals surface area contributed by atoms with Crippen LogP contribution in [-0.2, 0) is 14.3 Å². The summed E-state index contributed by atoms with van der Waals surface area (Å²) in [7, 11) is 1.47. The summed E-state index contributed by atoms with van der Waals surface area (Å²) in [6.07, 6.45) is -1.04. The van der Waals surface area contributed by atoms with Crippen LogP contribution in [0.2, 0.25) is 0 Å². The Hall–Kier alpha value is -4.59. The van der Waals surface area contributed by atoms with Gasteiger partial charge in [-0.15, -0.1) is 0 Å². The first-order chi connectivity index (χ1) is 18.0. The molecule has 0 fully saturated rings. The highest BCUT2D eigenvalue weighted by Gasteiger charge is 2.27. The number of benzene rings is 3. The number of rotatable bonds is 9. The maximum atomic E-state index is 13.6. The van der Waals surface area contributed by atoms with E-state index >= 15 is 0 Å². The van der Waals surface area contributed by atoms with E-state index in [1.807, 2.05) is 6.07 Å². The first-order valence-corrected chi connectivity index (χ1v) is 11.8. The molecule has 0 aliphatic rings. The van der Waals surface area contributed by atoms with E-state index in [-0.39, 0.29) is 41.3 Å². The molecule has 0 radical (unpaired) electrons. The number of carbonyl (C=O) groups is 2. The molecule has 0 bridgehead atoms. The maximum absolute atomic E-state index is 13.6. The van der Waals surface area contributed by atoms with Gasteiger partial charge in [-0.25, -0.2) is 9.59 Å². The molecule has 1 heterocycles. The van der Waals surface area contributed by atoms with Crippen LogP contribution in [0.3, 0.4) is 0 Å². The van der Waals surface area contributed by atoms with E-state index in [0.29, 0.717) is 16.9 Å². The van der Waals surface area contributed by atoms with Gasteiger partial charge in [0.05, 0.1) is 31.3 Å². The van der Waals surface area contributed by atoms with E-state index in [9.17, 15) is 14.4 Å². The van der Waals surface area contributed by atoms with Crippen LogP contribution in [-0.4, -0.2) is 32.3 Å². The van der Waals surface area contributed by atoms with E-state index in [4.69, 9.17) is 23.4 Å². The van der Waals surface area contributed by atoms with E-state index in [0.717, 1.165) is 0 Å². The summed E-state index contributed by atoms with van der Waals surface area (Å²) in [6, 6.07) is 20.3. The fourth-order valence-electron chi connectivity index (χ4n) is 3.92. The third-order valence-electron chi connectivity index (χ3n) is 5.56. The van der Waals surface area contributed by atoms with Crippen LogP contribution in [0.25, 0.3) is 22.1 Å². The van der Waals surface area contributed by atoms with Gasteiger partial charge in [-0.05, 0) is 32.0 Å². The molecule has 0 amide bonds. The number of para-hydroxylation sites is 1. The average Bonchev–Trinajstić information content (AvgIpc) is 2.92. The van der Waals surface area contributed by atoms with Crippen molar-refractivity contribution in [1.29, 1.82) is 0 Å². The Morgan fingerprint density at radius 2 is 1.59 bits per heavy atom. The lowest BCUT2D eigenvalue weighted by Gasteiger charge is -2.18. The van der Waals surface area contributed by atoms with Crippen molar-refractivity contribution in [1.82, 2.24) is 0 Å². The molecule has 0 spiro atoms. The van der Waals surface area contributed by atoms with Crippen LogP contribution in [0, 0.1) is 0 Å². The highest BCUT2D eigenvalue weighted by atomic mass is 16.6. The van der Waals surface area contributed by atoms with Crippen molar-refractivity contribution < 1.29 is 33.0 Å². The minimum absolute atomic E-state index is 0.0331. The fourth-order valence-corrected chi connectivity index (χ4v) is 3.92. The Bertz CT molecular complexity index is 1470. The maximum Gasteiger partial charge on any atom is 0.375 e. The highest BCUT2D eigenvalue weighted by molar-refractivity contribution is 5.98. The van der Waals surface area contributed by atoms with Crippen LogP contribution in [0.4, 0.5) is 0 Å². The van der Waals surface area contributed by atoms with Crippen molar-refractivity contribution >= 4 is 22.9 Å². The van der Waals surface area contributed by atoms with Crippen molar-refractivity contribution in [3.63, 3.8) is 0 Å². The molecule has 8 nitrogen and oxygen atoms in total. The Morgan fingerprint density at radius 1 is 0.892 bits per heavy atom. The topological polar surface area (TPSA) is 101 Å². The average molecular weight is 503 g/mol. The second kappa shape index (κ2) is 11.4. The number of carbonyl (C=O) groups excluding carboxylic acids is 2. The summed E-state index contributed by atoms with van der Waals surface area (Å²) in [5.41, 5.74) is 0.688. The molecule has 0 saturated heterocycles. The monoisotopic (exact) mass is 502 g/mol. The predicted molar refractivity (Wildman–Crippen MR) is 137 cm³/mol. The smallest absolute Gasteiger partial charge is 0.375 e. The molecule has 4 rings (SSSR count). The third-order valence-corrected chi connectivity index (χ3v) is 5.56. The summed E-state index contributed by atoms with van der Waals surface area (Å²) >= 11 is 0. The normalized spacial score (nSPS) is 11.5. The lowest BCUT2D eigenvalue weighted by Crippen LogP contribution is -2.21. The first-order valence-electron chi connectivity index (χ1n) is 11.8. The van der Waals surface area contributed by atoms with Gasteiger partial charge >= 0.3 is 11.9 Å². The number of fused-ring (bicyclic) bond motifs is 1. The summed E-state index contributed by atoms with van der Waals surface area (Å²) in [4.78, 5) is 39.1. The SMILES string of the molecule is CCOC(=O)c1oc2cc(OC(C(=O)OCC)c3ccccc3)ccc2c(=O)c1-c1ccccc1OC. The highest BCUT2D eigenvalue weighted by Crippen LogP contribution is 2.33. The summed E-state index contributed by atoms with van der Waals surface area (Å²) in [5, 5.41) is 0.216. The zero-order valence-corrected chi connectivity index (χ0v) is 20.7. The standard InChI is InChI=1S/C29H26O8/c1-4-34-28(31)26(18-11-7-6-8-12-18)36-19-15-16-21-23(17-19)37-27(29(32)35-5-2)24(25(21)30)20-13-9-10-14-22(20)33-3/h6-17,26H,4-5H2,1-3H3. The first kappa shape index (κ1) is 25.5. The second-order valence-corrected chi connectivity index (χ2v) is 7.87. The van der Waals surface area contributed by atoms with Crippen LogP contribution < -0.4 is 14.9 Å². The number of ether oxygens (including phenoxy) is 4. The van der Waals surface area contributed by atoms with Crippen molar-refractivity contribution in [3.8, 4) is 22.6 Å². The largest absolute Gasteiger partial charge is 0.496 e. The minimum atomic E-state index is -1.04. The molecule has 0 aliphatic carbocycles. The van der Waals surface area contributed by atoms with Crippen molar-refractivity contribution in [2.75, 3.05) is 20.3 Å². The van der Waals surface area contributed by atoms with Gasteiger partial charge in [0.15, 0.2) is 0 Å². The van der Waals surface area contributed by atoms with E-state index < -0.39 is 23.5 Å². The molecular weight excluding hydrogens is 476 g/mol. The van der Waals surface area contributed by atoms with Gasteiger partial charge < -0.3 is 23.4 Å². The van der Waals surface area contributed by atoms with Crippen molar-refractivity contribution in [3.05, 3.63) is 94.3 Å². The van der Waals surface area contributed by atoms with Crippen molar-refractivity contribution in [2.45, 2.75) is 20.0 Å². The van der Waals surface area contributed by atoms with Gasteiger partial charge in [-0.3, -0.25) is 4.79 Å². The van der Waals surface area contributed by atoms with Crippen LogP contribution in [0.15, 0.2) is 82.0 Å². The van der Waals surface area contributed by atoms with Gasteiger partial charge in [-0.1, -0.05) is 48.5 Å². The lowest BCUT2D eigenvalue weighted by atomic mass is 10.0. The zero-order valence-electron chi connectivity index (χ0n) is 20.7. The third kappa shape index (κ3) is 5.33. The van der Waals surface area contributed by atoms with Gasteiger partial charge in [-0.2, -0.15) is 0 Å². The molecule has 1 aromatic heterocycles. The number of hydrogen-bond donors (Lipinski definition) is 0. The molecule has 3 aromatic carbocycles. The Balaban J connectivity index is 1.85. The molecule has 8 heteroatoms. The molecule has 0 aliphatic heterocycles. The van der Waals surface area contributed by atoms with Gasteiger partial charge in [0.25, 0.3) is 0 Å². The Labute approximate surface area is 213 Å². The van der Waals surface area contributed by atoms with Crippen LogP contribution >= 0.6 is 0 Å². The zero-order chi connectivity index (χ0) is 26.4. The predicted octanol–water partition coefficient (Wildman–Crippen LogP) is 5.33. The van der Waals surface area contributed by atoms with E-state index in [1.165, 1.54) is 19.2 Å². The molecule has 190 valence electrons. The molecule has 1 atom stereocenters. The summed E-state index contributed by atoms with van der Waals surface area (Å²) in [5.74, 6) is -0.959. The van der Waals surface area contributed by atoms with Gasteiger partial charge in [0.1, 0.15) is 17.1 Å². The summed E-state index contributed by atoms with van der Waals surface area (Å²) in [6.45, 7) is 3.64. The van der Waals surface area contributed by atoms with Gasteiger partial charge in [0.2, 0.25) is 17.3 Å². The van der Waals surface area contributed by atoms with Crippen LogP contribution in [0.5, 0.6) is 11.5 Å². The minimum Gasteiger partial charge on any atom is -0.496 e. The Kier molecular flexibility index (Phi) is 7.88. The number of methoxy groups -OCH3 is 1. The van der Waals surface area contributed by atoms with E-state index in [2.05, 4.69) is 0 Å². The number of esters is 2. The molecular formula is C29H26O8. The van der Waals surface area contributed by atoms with Crippen molar-refractivity contribution in [2.24, 2.45) is 0 Å². The molecule has 0 saturated carbocycles. The lowest BCUT2D eigenvalue weighted by molar-refractivity contribution is -0.151. The fraction of sp³-hybridized carbons (Fsp3) is 0.207. The van der Waals surface area contributed by atoms with Gasteiger partial charge in [0, 0.05) is 17.2 Å². The molecule has 1 unspecified atom stereocenters. The molecule has 4 aromatic rings. The number of hydrogen-bond acceptors (Lipinski definition) is 8. The summed E-state index contributed by atoms with van der Waals surface area (Å²) < 4.78 is 27.7. The van der Waals surface area contributed by atoms with E-state index in [1.54, 1.807) is 68.4 Å². The quantitative estimate of drug-likeness (QED) is 0.283.